The van der Waals surface area contributed by atoms with Gasteiger partial charge < -0.3 is 17.3 Å². The highest BCUT2D eigenvalue weighted by atomic mass is 35.5. The number of hydrogen-bond donors (Lipinski definition) is 1. The molecule has 3 nitrogen and oxygen atoms in total. The molecule has 1 saturated heterocycles. The van der Waals surface area contributed by atoms with E-state index >= 15 is 0 Å². The molecule has 0 radical (unpaired) electrons. The third-order valence-corrected chi connectivity index (χ3v) is 3.24. The molecule has 0 spiro atoms. The number of nitrogens with one attached hydrogen (secondary N) is 1. The van der Waals surface area contributed by atoms with Gasteiger partial charge in [-0.3, -0.25) is 10.2 Å². The van der Waals surface area contributed by atoms with Crippen LogP contribution in [0.2, 0.25) is 0 Å². The van der Waals surface area contributed by atoms with Crippen molar-refractivity contribution in [2.45, 2.75) is 0 Å². The molecule has 16 heavy (non-hydrogen) atoms. The van der Waals surface area contributed by atoms with Crippen LogP contribution in [-0.4, -0.2) is 34.7 Å². The zero-order valence-corrected chi connectivity index (χ0v) is 10.2. The van der Waals surface area contributed by atoms with E-state index in [0.717, 1.165) is 17.9 Å². The van der Waals surface area contributed by atoms with Crippen LogP contribution in [0.15, 0.2) is 30.3 Å². The van der Waals surface area contributed by atoms with Crippen molar-refractivity contribution in [1.82, 2.24) is 4.90 Å². The van der Waals surface area contributed by atoms with E-state index in [9.17, 15) is 4.79 Å². The first kappa shape index (κ1) is 13.1. The molecular formula is C11H12ClN2OS-. The van der Waals surface area contributed by atoms with Crippen molar-refractivity contribution >= 4 is 22.7 Å². The van der Waals surface area contributed by atoms with Gasteiger partial charge >= 0.3 is 0 Å². The molecule has 0 saturated carbocycles. The molecular weight excluding hydrogens is 244 g/mol. The average Bonchev–Trinajstić information content (AvgIpc) is 2.66. The summed E-state index contributed by atoms with van der Waals surface area (Å²) in [5, 5.41) is 8.11. The number of ketones is 1. The van der Waals surface area contributed by atoms with E-state index in [2.05, 4.69) is 0 Å². The van der Waals surface area contributed by atoms with Gasteiger partial charge in [0.05, 0.1) is 6.54 Å². The fraction of sp³-hybridized carbons (Fsp3) is 0.273. The number of amidine groups is 1. The average molecular weight is 256 g/mol. The summed E-state index contributed by atoms with van der Waals surface area (Å²) in [6, 6.07) is 9.24. The Morgan fingerprint density at radius 1 is 1.38 bits per heavy atom. The summed E-state index contributed by atoms with van der Waals surface area (Å²) in [6.45, 7) is 1.14. The van der Waals surface area contributed by atoms with Gasteiger partial charge in [-0.1, -0.05) is 42.1 Å². The Labute approximate surface area is 105 Å². The van der Waals surface area contributed by atoms with E-state index in [1.165, 1.54) is 11.8 Å². The van der Waals surface area contributed by atoms with Crippen LogP contribution in [-0.2, 0) is 0 Å². The van der Waals surface area contributed by atoms with Crippen LogP contribution in [0.4, 0.5) is 0 Å². The first-order chi connectivity index (χ1) is 7.27. The van der Waals surface area contributed by atoms with E-state index in [1.54, 1.807) is 0 Å². The minimum Gasteiger partial charge on any atom is -1.00 e. The Hall–Kier alpha value is -1.00. The van der Waals surface area contributed by atoms with E-state index in [0.29, 0.717) is 11.7 Å². The number of carbonyl (C=O) groups excluding carboxylic acids is 1. The first-order valence-electron chi connectivity index (χ1n) is 4.82. The third-order valence-electron chi connectivity index (χ3n) is 2.32. The summed E-state index contributed by atoms with van der Waals surface area (Å²) in [5.41, 5.74) is 0.724. The normalized spacial score (nSPS) is 14.8. The quantitative estimate of drug-likeness (QED) is 0.695. The van der Waals surface area contributed by atoms with Gasteiger partial charge in [-0.15, -0.1) is 0 Å². The highest BCUT2D eigenvalue weighted by Crippen LogP contribution is 2.16. The number of benzene rings is 1. The van der Waals surface area contributed by atoms with Gasteiger partial charge in [0.1, 0.15) is 0 Å². The SMILES string of the molecule is N=C1SCCN1CC(=O)c1ccccc1.[Cl-]. The van der Waals surface area contributed by atoms with Gasteiger partial charge in [0, 0.05) is 17.9 Å². The lowest BCUT2D eigenvalue weighted by molar-refractivity contribution is -0.0000110. The van der Waals surface area contributed by atoms with Crippen molar-refractivity contribution in [3.8, 4) is 0 Å². The van der Waals surface area contributed by atoms with Gasteiger partial charge in [0.25, 0.3) is 0 Å². The van der Waals surface area contributed by atoms with Crippen LogP contribution in [0.1, 0.15) is 10.4 Å². The fourth-order valence-electron chi connectivity index (χ4n) is 1.48. The largest absolute Gasteiger partial charge is 1.00 e. The topological polar surface area (TPSA) is 44.2 Å². The number of Topliss-reactive ketones (excluding diaryl/α,β-unsaturated/α-hetero) is 1. The molecule has 1 aromatic carbocycles. The molecule has 1 heterocycles. The van der Waals surface area contributed by atoms with Crippen LogP contribution in [0.25, 0.3) is 0 Å². The molecule has 2 rings (SSSR count). The molecule has 0 aliphatic carbocycles. The predicted molar refractivity (Wildman–Crippen MR) is 62.5 cm³/mol. The van der Waals surface area contributed by atoms with Gasteiger partial charge in [0.15, 0.2) is 11.0 Å². The minimum atomic E-state index is 0. The second-order valence-corrected chi connectivity index (χ2v) is 4.45. The molecule has 1 aliphatic heterocycles. The number of nitrogens with zero attached hydrogens (tertiary/aromatic N) is 1. The Morgan fingerprint density at radius 3 is 2.62 bits per heavy atom. The summed E-state index contributed by atoms with van der Waals surface area (Å²) in [7, 11) is 0. The van der Waals surface area contributed by atoms with Crippen LogP contribution in [0, 0.1) is 5.41 Å². The zero-order chi connectivity index (χ0) is 10.7. The minimum absolute atomic E-state index is 0. The molecule has 0 atom stereocenters. The summed E-state index contributed by atoms with van der Waals surface area (Å²) in [5.74, 6) is 1.00. The molecule has 0 unspecified atom stereocenters. The van der Waals surface area contributed by atoms with Crippen LogP contribution in [0.5, 0.6) is 0 Å². The maximum Gasteiger partial charge on any atom is 0.182 e. The van der Waals surface area contributed by atoms with Crippen molar-refractivity contribution in [2.75, 3.05) is 18.8 Å². The maximum atomic E-state index is 11.8. The number of hydrogen-bond acceptors (Lipinski definition) is 3. The zero-order valence-electron chi connectivity index (χ0n) is 8.65. The van der Waals surface area contributed by atoms with Crippen LogP contribution >= 0.6 is 11.8 Å². The molecule has 0 bridgehead atoms. The Kier molecular flexibility index (Phi) is 4.83. The number of carbonyl (C=O) groups is 1. The maximum absolute atomic E-state index is 11.8. The lowest BCUT2D eigenvalue weighted by Crippen LogP contribution is -3.00. The smallest absolute Gasteiger partial charge is 0.182 e. The molecule has 1 aromatic rings. The van der Waals surface area contributed by atoms with E-state index < -0.39 is 0 Å². The van der Waals surface area contributed by atoms with Gasteiger partial charge in [-0.25, -0.2) is 0 Å². The molecule has 0 aromatic heterocycles. The lowest BCUT2D eigenvalue weighted by Gasteiger charge is -2.15. The highest BCUT2D eigenvalue weighted by Gasteiger charge is 2.20. The molecule has 86 valence electrons. The Morgan fingerprint density at radius 2 is 2.06 bits per heavy atom. The number of halogens is 1. The summed E-state index contributed by atoms with van der Waals surface area (Å²) in [6.07, 6.45) is 0. The van der Waals surface area contributed by atoms with Crippen molar-refractivity contribution in [3.63, 3.8) is 0 Å². The summed E-state index contributed by atoms with van der Waals surface area (Å²) in [4.78, 5) is 13.6. The van der Waals surface area contributed by atoms with Gasteiger partial charge in [-0.2, -0.15) is 0 Å². The highest BCUT2D eigenvalue weighted by molar-refractivity contribution is 8.14. The number of thioether (sulfide) groups is 1. The molecule has 5 heteroatoms. The van der Waals surface area contributed by atoms with E-state index in [1.807, 2.05) is 35.2 Å². The van der Waals surface area contributed by atoms with Crippen molar-refractivity contribution in [2.24, 2.45) is 0 Å². The van der Waals surface area contributed by atoms with Crippen LogP contribution in [0.3, 0.4) is 0 Å². The molecule has 0 amide bonds. The third kappa shape index (κ3) is 3.00. The molecule has 1 fully saturated rings. The summed E-state index contributed by atoms with van der Waals surface area (Å²) >= 11 is 1.50. The Bertz CT molecular complexity index is 383. The predicted octanol–water partition coefficient (Wildman–Crippen LogP) is -1.14. The Balaban J connectivity index is 0.00000128. The molecule has 1 aliphatic rings. The second kappa shape index (κ2) is 5.92. The first-order valence-corrected chi connectivity index (χ1v) is 5.80. The lowest BCUT2D eigenvalue weighted by atomic mass is 10.1. The summed E-state index contributed by atoms with van der Waals surface area (Å²) < 4.78 is 0. The molecule has 1 N–H and O–H groups in total. The standard InChI is InChI=1S/C11H12N2OS.ClH/c12-11-13(6-7-15-11)8-10(14)9-4-2-1-3-5-9;/h1-5,12H,6-8H2;1H/p-1. The van der Waals surface area contributed by atoms with Crippen molar-refractivity contribution < 1.29 is 17.2 Å². The second-order valence-electron chi connectivity index (χ2n) is 3.36. The van der Waals surface area contributed by atoms with E-state index in [4.69, 9.17) is 5.41 Å². The van der Waals surface area contributed by atoms with E-state index in [-0.39, 0.29) is 18.2 Å². The van der Waals surface area contributed by atoms with Crippen molar-refractivity contribution in [3.05, 3.63) is 35.9 Å². The number of rotatable bonds is 3. The fourth-order valence-corrected chi connectivity index (χ4v) is 2.33. The monoisotopic (exact) mass is 255 g/mol. The van der Waals surface area contributed by atoms with Gasteiger partial charge in [0.2, 0.25) is 0 Å². The van der Waals surface area contributed by atoms with Crippen LogP contribution < -0.4 is 12.4 Å². The van der Waals surface area contributed by atoms with Crippen molar-refractivity contribution in [1.29, 1.82) is 5.41 Å². The van der Waals surface area contributed by atoms with Gasteiger partial charge in [-0.05, 0) is 0 Å².